The molecular weight excluding hydrogens is 288 g/mol. The summed E-state index contributed by atoms with van der Waals surface area (Å²) in [6.07, 6.45) is 0.0501. The summed E-state index contributed by atoms with van der Waals surface area (Å²) in [7, 11) is 0. The summed E-state index contributed by atoms with van der Waals surface area (Å²) in [6.45, 7) is 6.88. The highest BCUT2D eigenvalue weighted by Gasteiger charge is 2.31. The highest BCUT2D eigenvalue weighted by atomic mass is 32.1. The van der Waals surface area contributed by atoms with Gasteiger partial charge in [0, 0.05) is 6.54 Å². The summed E-state index contributed by atoms with van der Waals surface area (Å²) in [5, 5.41) is 1.96. The van der Waals surface area contributed by atoms with Gasteiger partial charge in [0.2, 0.25) is 5.89 Å². The van der Waals surface area contributed by atoms with E-state index in [2.05, 4.69) is 4.98 Å². The summed E-state index contributed by atoms with van der Waals surface area (Å²) >= 11 is 1.55. The van der Waals surface area contributed by atoms with Gasteiger partial charge in [-0.3, -0.25) is 4.79 Å². The molecule has 0 unspecified atom stereocenters. The number of aryl methyl sites for hydroxylation is 1. The number of hydrogen-bond donors (Lipinski definition) is 0. The van der Waals surface area contributed by atoms with Crippen LogP contribution in [0.15, 0.2) is 21.9 Å². The third-order valence-corrected chi connectivity index (χ3v) is 4.46. The minimum absolute atomic E-state index is 0.0501. The SMILES string of the molecule is Cc1oc(-c2cccs2)nc1C(=O)N1C[C@H](C)OC[C@@H]1C. The molecule has 3 heterocycles. The second-order valence-corrected chi connectivity index (χ2v) is 6.30. The number of hydrogen-bond acceptors (Lipinski definition) is 5. The molecule has 1 amide bonds. The highest BCUT2D eigenvalue weighted by Crippen LogP contribution is 2.27. The van der Waals surface area contributed by atoms with Crippen LogP contribution >= 0.6 is 11.3 Å². The predicted octanol–water partition coefficient (Wildman–Crippen LogP) is 2.96. The molecule has 5 nitrogen and oxygen atoms in total. The van der Waals surface area contributed by atoms with Gasteiger partial charge in [-0.15, -0.1) is 11.3 Å². The summed E-state index contributed by atoms with van der Waals surface area (Å²) < 4.78 is 11.2. The van der Waals surface area contributed by atoms with Gasteiger partial charge in [0.05, 0.1) is 23.6 Å². The van der Waals surface area contributed by atoms with Crippen LogP contribution in [-0.2, 0) is 4.74 Å². The number of thiophene rings is 1. The van der Waals surface area contributed by atoms with Crippen molar-refractivity contribution in [2.75, 3.05) is 13.2 Å². The van der Waals surface area contributed by atoms with E-state index in [1.807, 2.05) is 36.3 Å². The highest BCUT2D eigenvalue weighted by molar-refractivity contribution is 7.13. The van der Waals surface area contributed by atoms with Crippen LogP contribution in [0.3, 0.4) is 0 Å². The van der Waals surface area contributed by atoms with Crippen molar-refractivity contribution in [3.63, 3.8) is 0 Å². The Labute approximate surface area is 127 Å². The van der Waals surface area contributed by atoms with Crippen molar-refractivity contribution in [1.29, 1.82) is 0 Å². The first-order chi connectivity index (χ1) is 10.1. The lowest BCUT2D eigenvalue weighted by Crippen LogP contribution is -2.50. The monoisotopic (exact) mass is 306 g/mol. The lowest BCUT2D eigenvalue weighted by molar-refractivity contribution is -0.0389. The molecule has 21 heavy (non-hydrogen) atoms. The van der Waals surface area contributed by atoms with Crippen molar-refractivity contribution in [3.8, 4) is 10.8 Å². The molecule has 2 atom stereocenters. The minimum atomic E-state index is -0.0818. The number of oxazole rings is 1. The maximum atomic E-state index is 12.7. The van der Waals surface area contributed by atoms with Gasteiger partial charge in [-0.25, -0.2) is 4.98 Å². The number of ether oxygens (including phenoxy) is 1. The van der Waals surface area contributed by atoms with E-state index in [0.29, 0.717) is 30.5 Å². The van der Waals surface area contributed by atoms with Gasteiger partial charge in [-0.2, -0.15) is 0 Å². The van der Waals surface area contributed by atoms with E-state index in [4.69, 9.17) is 9.15 Å². The number of morpholine rings is 1. The second kappa shape index (κ2) is 5.61. The molecule has 1 aliphatic heterocycles. The van der Waals surface area contributed by atoms with Gasteiger partial charge in [0.25, 0.3) is 5.91 Å². The number of carbonyl (C=O) groups is 1. The molecule has 1 saturated heterocycles. The lowest BCUT2D eigenvalue weighted by Gasteiger charge is -2.36. The van der Waals surface area contributed by atoms with Crippen LogP contribution in [0.2, 0.25) is 0 Å². The van der Waals surface area contributed by atoms with Crippen molar-refractivity contribution in [3.05, 3.63) is 29.0 Å². The smallest absolute Gasteiger partial charge is 0.276 e. The predicted molar refractivity (Wildman–Crippen MR) is 80.5 cm³/mol. The van der Waals surface area contributed by atoms with E-state index < -0.39 is 0 Å². The molecule has 0 radical (unpaired) electrons. The van der Waals surface area contributed by atoms with Gasteiger partial charge in [-0.05, 0) is 32.2 Å². The number of carbonyl (C=O) groups excluding carboxylic acids is 1. The van der Waals surface area contributed by atoms with Gasteiger partial charge in [0.15, 0.2) is 5.69 Å². The number of rotatable bonds is 2. The zero-order valence-electron chi connectivity index (χ0n) is 12.3. The fourth-order valence-corrected chi connectivity index (χ4v) is 3.07. The average Bonchev–Trinajstić information content (AvgIpc) is 3.09. The molecular formula is C15H18N2O3S. The van der Waals surface area contributed by atoms with Gasteiger partial charge >= 0.3 is 0 Å². The molecule has 0 aliphatic carbocycles. The van der Waals surface area contributed by atoms with Crippen molar-refractivity contribution >= 4 is 17.2 Å². The average molecular weight is 306 g/mol. The second-order valence-electron chi connectivity index (χ2n) is 5.35. The van der Waals surface area contributed by atoms with Crippen LogP contribution in [0, 0.1) is 6.92 Å². The zero-order valence-corrected chi connectivity index (χ0v) is 13.1. The van der Waals surface area contributed by atoms with Crippen molar-refractivity contribution < 1.29 is 13.9 Å². The molecule has 0 spiro atoms. The van der Waals surface area contributed by atoms with E-state index in [1.165, 1.54) is 0 Å². The first-order valence-electron chi connectivity index (χ1n) is 7.00. The molecule has 0 saturated carbocycles. The summed E-state index contributed by atoms with van der Waals surface area (Å²) in [4.78, 5) is 19.9. The van der Waals surface area contributed by atoms with Crippen LogP contribution in [-0.4, -0.2) is 41.1 Å². The number of aromatic nitrogens is 1. The Hall–Kier alpha value is -1.66. The third kappa shape index (κ3) is 2.73. The van der Waals surface area contributed by atoms with Crippen molar-refractivity contribution in [1.82, 2.24) is 9.88 Å². The quantitative estimate of drug-likeness (QED) is 0.856. The maximum Gasteiger partial charge on any atom is 0.276 e. The van der Waals surface area contributed by atoms with E-state index >= 15 is 0 Å². The fourth-order valence-electron chi connectivity index (χ4n) is 2.42. The minimum Gasteiger partial charge on any atom is -0.440 e. The Kier molecular flexibility index (Phi) is 3.82. The van der Waals surface area contributed by atoms with Crippen molar-refractivity contribution in [2.45, 2.75) is 32.9 Å². The summed E-state index contributed by atoms with van der Waals surface area (Å²) in [6, 6.07) is 3.92. The van der Waals surface area contributed by atoms with Crippen LogP contribution in [0.5, 0.6) is 0 Å². The normalized spacial score (nSPS) is 22.5. The maximum absolute atomic E-state index is 12.7. The van der Waals surface area contributed by atoms with Gasteiger partial charge < -0.3 is 14.1 Å². The molecule has 0 bridgehead atoms. The van der Waals surface area contributed by atoms with E-state index in [0.717, 1.165) is 4.88 Å². The van der Waals surface area contributed by atoms with E-state index in [1.54, 1.807) is 18.3 Å². The molecule has 3 rings (SSSR count). The van der Waals surface area contributed by atoms with E-state index in [9.17, 15) is 4.79 Å². The lowest BCUT2D eigenvalue weighted by atomic mass is 10.2. The topological polar surface area (TPSA) is 55.6 Å². The third-order valence-electron chi connectivity index (χ3n) is 3.60. The number of amides is 1. The Morgan fingerprint density at radius 3 is 3.00 bits per heavy atom. The molecule has 0 N–H and O–H groups in total. The molecule has 2 aromatic heterocycles. The standard InChI is InChI=1S/C15H18N2O3S/c1-9-8-19-10(2)7-17(9)15(18)13-11(3)20-14(16-13)12-5-4-6-21-12/h4-6,9-10H,7-8H2,1-3H3/t9-,10-/m0/s1. The van der Waals surface area contributed by atoms with Gasteiger partial charge in [-0.1, -0.05) is 6.07 Å². The molecule has 6 heteroatoms. The summed E-state index contributed by atoms with van der Waals surface area (Å²) in [5.41, 5.74) is 0.402. The Balaban J connectivity index is 1.88. The molecule has 1 fully saturated rings. The van der Waals surface area contributed by atoms with Crippen LogP contribution in [0.1, 0.15) is 30.1 Å². The Morgan fingerprint density at radius 2 is 2.29 bits per heavy atom. The molecule has 0 aromatic carbocycles. The van der Waals surface area contributed by atoms with Crippen molar-refractivity contribution in [2.24, 2.45) is 0 Å². The Bertz CT molecular complexity index is 635. The molecule has 2 aromatic rings. The van der Waals surface area contributed by atoms with Crippen LogP contribution in [0.25, 0.3) is 10.8 Å². The first kappa shape index (κ1) is 14.3. The van der Waals surface area contributed by atoms with E-state index in [-0.39, 0.29) is 18.1 Å². The fraction of sp³-hybridized carbons (Fsp3) is 0.467. The molecule has 1 aliphatic rings. The zero-order chi connectivity index (χ0) is 15.0. The largest absolute Gasteiger partial charge is 0.440 e. The van der Waals surface area contributed by atoms with Crippen LogP contribution in [0.4, 0.5) is 0 Å². The summed E-state index contributed by atoms with van der Waals surface area (Å²) in [5.74, 6) is 0.997. The van der Waals surface area contributed by atoms with Gasteiger partial charge in [0.1, 0.15) is 5.76 Å². The Morgan fingerprint density at radius 1 is 1.48 bits per heavy atom. The number of nitrogens with zero attached hydrogens (tertiary/aromatic N) is 2. The first-order valence-corrected chi connectivity index (χ1v) is 7.88. The van der Waals surface area contributed by atoms with Crippen LogP contribution < -0.4 is 0 Å². The molecule has 112 valence electrons.